The van der Waals surface area contributed by atoms with Gasteiger partial charge in [-0.05, 0) is 24.8 Å². The van der Waals surface area contributed by atoms with Crippen LogP contribution in [0, 0.1) is 18.8 Å². The molecule has 128 valence electrons. The lowest BCUT2D eigenvalue weighted by molar-refractivity contribution is -0.146. The molecule has 23 heavy (non-hydrogen) atoms. The van der Waals surface area contributed by atoms with Crippen LogP contribution >= 0.6 is 0 Å². The van der Waals surface area contributed by atoms with E-state index in [1.807, 2.05) is 6.92 Å². The second kappa shape index (κ2) is 9.33. The maximum absolute atomic E-state index is 12.5. The number of aryl methyl sites for hydroxylation is 2. The van der Waals surface area contributed by atoms with Crippen LogP contribution in [-0.4, -0.2) is 37.0 Å². The zero-order valence-electron chi connectivity index (χ0n) is 15.0. The largest absolute Gasteiger partial charge is 0.469 e. The van der Waals surface area contributed by atoms with E-state index in [1.165, 1.54) is 12.7 Å². The Morgan fingerprint density at radius 3 is 2.22 bits per heavy atom. The van der Waals surface area contributed by atoms with Gasteiger partial charge in [0.2, 0.25) is 5.91 Å². The minimum absolute atomic E-state index is 0.0926. The van der Waals surface area contributed by atoms with Crippen molar-refractivity contribution in [3.63, 3.8) is 0 Å². The van der Waals surface area contributed by atoms with Crippen molar-refractivity contribution in [1.29, 1.82) is 0 Å². The topological polar surface area (TPSA) is 46.6 Å². The molecule has 1 aromatic rings. The minimum Gasteiger partial charge on any atom is -0.469 e. The van der Waals surface area contributed by atoms with E-state index in [-0.39, 0.29) is 17.8 Å². The summed E-state index contributed by atoms with van der Waals surface area (Å²) >= 11 is 0. The molecule has 1 amide bonds. The normalized spacial score (nSPS) is 12.1. The van der Waals surface area contributed by atoms with Gasteiger partial charge in [0.25, 0.3) is 0 Å². The number of esters is 1. The van der Waals surface area contributed by atoms with Crippen LogP contribution in [0.25, 0.3) is 0 Å². The lowest BCUT2D eigenvalue weighted by Crippen LogP contribution is -2.39. The van der Waals surface area contributed by atoms with Crippen molar-refractivity contribution in [2.24, 2.45) is 11.8 Å². The summed E-state index contributed by atoms with van der Waals surface area (Å²) in [5.74, 6) is -0.120. The fraction of sp³-hybridized carbons (Fsp3) is 0.579. The molecule has 0 N–H and O–H groups in total. The Bertz CT molecular complexity index is 508. The molecule has 4 heteroatoms. The second-order valence-electron chi connectivity index (χ2n) is 6.60. The van der Waals surface area contributed by atoms with Crippen LogP contribution in [0.2, 0.25) is 0 Å². The number of amides is 1. The SMILES string of the molecule is COC(=O)C(C)CN(CC(C)C)C(=O)CCc1ccc(C)cc1. The quantitative estimate of drug-likeness (QED) is 0.691. The fourth-order valence-electron chi connectivity index (χ4n) is 2.49. The number of hydrogen-bond acceptors (Lipinski definition) is 3. The molecule has 1 unspecified atom stereocenters. The second-order valence-corrected chi connectivity index (χ2v) is 6.60. The van der Waals surface area contributed by atoms with Crippen molar-refractivity contribution in [3.05, 3.63) is 35.4 Å². The highest BCUT2D eigenvalue weighted by atomic mass is 16.5. The molecule has 0 aliphatic heterocycles. The summed E-state index contributed by atoms with van der Waals surface area (Å²) in [5.41, 5.74) is 2.38. The predicted octanol–water partition coefficient (Wildman–Crippen LogP) is 3.22. The molecule has 0 saturated heterocycles. The van der Waals surface area contributed by atoms with Crippen LogP contribution in [0.1, 0.15) is 38.3 Å². The summed E-state index contributed by atoms with van der Waals surface area (Å²) in [6.45, 7) is 9.07. The van der Waals surface area contributed by atoms with Gasteiger partial charge < -0.3 is 9.64 Å². The Morgan fingerprint density at radius 2 is 1.70 bits per heavy atom. The van der Waals surface area contributed by atoms with E-state index in [0.29, 0.717) is 25.4 Å². The van der Waals surface area contributed by atoms with Crippen LogP contribution in [0.5, 0.6) is 0 Å². The van der Waals surface area contributed by atoms with Crippen molar-refractivity contribution in [2.75, 3.05) is 20.2 Å². The highest BCUT2D eigenvalue weighted by Crippen LogP contribution is 2.11. The van der Waals surface area contributed by atoms with E-state index >= 15 is 0 Å². The van der Waals surface area contributed by atoms with Gasteiger partial charge in [-0.3, -0.25) is 9.59 Å². The minimum atomic E-state index is -0.304. The summed E-state index contributed by atoms with van der Waals surface area (Å²) in [5, 5.41) is 0. The molecule has 0 bridgehead atoms. The van der Waals surface area contributed by atoms with Gasteiger partial charge in [-0.1, -0.05) is 50.6 Å². The first-order chi connectivity index (χ1) is 10.8. The van der Waals surface area contributed by atoms with Gasteiger partial charge in [0, 0.05) is 19.5 Å². The molecule has 0 radical (unpaired) electrons. The maximum Gasteiger partial charge on any atom is 0.310 e. The Balaban J connectivity index is 2.63. The van der Waals surface area contributed by atoms with Gasteiger partial charge in [0.1, 0.15) is 0 Å². The molecule has 1 aromatic carbocycles. The van der Waals surface area contributed by atoms with Crippen LogP contribution in [0.4, 0.5) is 0 Å². The molecular weight excluding hydrogens is 290 g/mol. The van der Waals surface area contributed by atoms with Crippen LogP contribution < -0.4 is 0 Å². The first-order valence-electron chi connectivity index (χ1n) is 8.24. The van der Waals surface area contributed by atoms with E-state index in [2.05, 4.69) is 38.1 Å². The third-order valence-corrected chi connectivity index (χ3v) is 3.78. The zero-order chi connectivity index (χ0) is 17.4. The van der Waals surface area contributed by atoms with E-state index in [1.54, 1.807) is 11.8 Å². The summed E-state index contributed by atoms with van der Waals surface area (Å²) in [4.78, 5) is 25.9. The molecule has 0 fully saturated rings. The van der Waals surface area contributed by atoms with E-state index in [9.17, 15) is 9.59 Å². The Hall–Kier alpha value is -1.84. The van der Waals surface area contributed by atoms with Gasteiger partial charge in [-0.25, -0.2) is 0 Å². The number of benzene rings is 1. The summed E-state index contributed by atoms with van der Waals surface area (Å²) < 4.78 is 4.76. The van der Waals surface area contributed by atoms with E-state index in [0.717, 1.165) is 12.0 Å². The molecule has 0 spiro atoms. The number of rotatable bonds is 8. The third-order valence-electron chi connectivity index (χ3n) is 3.78. The average Bonchev–Trinajstić information content (AvgIpc) is 2.52. The van der Waals surface area contributed by atoms with Gasteiger partial charge in [-0.2, -0.15) is 0 Å². The molecular formula is C19H29NO3. The number of nitrogens with zero attached hydrogens (tertiary/aromatic N) is 1. The zero-order valence-corrected chi connectivity index (χ0v) is 15.0. The average molecular weight is 319 g/mol. The molecule has 0 aromatic heterocycles. The van der Waals surface area contributed by atoms with Crippen LogP contribution in [0.15, 0.2) is 24.3 Å². The standard InChI is InChI=1S/C19H29NO3/c1-14(2)12-20(13-16(4)19(22)23-5)18(21)11-10-17-8-6-15(3)7-9-17/h6-9,14,16H,10-13H2,1-5H3. The predicted molar refractivity (Wildman–Crippen MR) is 92.1 cm³/mol. The highest BCUT2D eigenvalue weighted by molar-refractivity contribution is 5.78. The molecule has 1 atom stereocenters. The third kappa shape index (κ3) is 6.85. The number of carbonyl (C=O) groups excluding carboxylic acids is 2. The highest BCUT2D eigenvalue weighted by Gasteiger charge is 2.22. The van der Waals surface area contributed by atoms with Crippen molar-refractivity contribution in [1.82, 2.24) is 4.90 Å². The van der Waals surface area contributed by atoms with Gasteiger partial charge in [0.15, 0.2) is 0 Å². The first kappa shape index (κ1) is 19.2. The Kier molecular flexibility index (Phi) is 7.79. The van der Waals surface area contributed by atoms with E-state index < -0.39 is 0 Å². The van der Waals surface area contributed by atoms with Gasteiger partial charge >= 0.3 is 5.97 Å². The Morgan fingerprint density at radius 1 is 1.09 bits per heavy atom. The maximum atomic E-state index is 12.5. The van der Waals surface area contributed by atoms with Crippen LogP contribution in [-0.2, 0) is 20.7 Å². The lowest BCUT2D eigenvalue weighted by atomic mass is 10.1. The molecule has 0 heterocycles. The summed E-state index contributed by atoms with van der Waals surface area (Å²) in [6.07, 6.45) is 1.18. The Labute approximate surface area is 139 Å². The van der Waals surface area contributed by atoms with Crippen molar-refractivity contribution >= 4 is 11.9 Å². The van der Waals surface area contributed by atoms with Crippen molar-refractivity contribution in [3.8, 4) is 0 Å². The number of methoxy groups -OCH3 is 1. The molecule has 0 aliphatic carbocycles. The van der Waals surface area contributed by atoms with Crippen molar-refractivity contribution in [2.45, 2.75) is 40.5 Å². The molecule has 0 aliphatic rings. The van der Waals surface area contributed by atoms with E-state index in [4.69, 9.17) is 4.74 Å². The molecule has 0 saturated carbocycles. The van der Waals surface area contributed by atoms with Gasteiger partial charge in [-0.15, -0.1) is 0 Å². The van der Waals surface area contributed by atoms with Crippen molar-refractivity contribution < 1.29 is 14.3 Å². The van der Waals surface area contributed by atoms with Crippen LogP contribution in [0.3, 0.4) is 0 Å². The number of hydrogen-bond donors (Lipinski definition) is 0. The first-order valence-corrected chi connectivity index (χ1v) is 8.24. The lowest BCUT2D eigenvalue weighted by Gasteiger charge is -2.27. The smallest absolute Gasteiger partial charge is 0.310 e. The monoisotopic (exact) mass is 319 g/mol. The van der Waals surface area contributed by atoms with Gasteiger partial charge in [0.05, 0.1) is 13.0 Å². The summed E-state index contributed by atoms with van der Waals surface area (Å²) in [6, 6.07) is 8.25. The number of carbonyl (C=O) groups is 2. The summed E-state index contributed by atoms with van der Waals surface area (Å²) in [7, 11) is 1.38. The molecule has 1 rings (SSSR count). The molecule has 4 nitrogen and oxygen atoms in total. The number of ether oxygens (including phenoxy) is 1. The fourth-order valence-corrected chi connectivity index (χ4v) is 2.49.